The number of amides is 1. The summed E-state index contributed by atoms with van der Waals surface area (Å²) in [4.78, 5) is 13.9. The summed E-state index contributed by atoms with van der Waals surface area (Å²) in [7, 11) is 0. The highest BCUT2D eigenvalue weighted by Gasteiger charge is 2.21. The van der Waals surface area contributed by atoms with E-state index < -0.39 is 0 Å². The lowest BCUT2D eigenvalue weighted by atomic mass is 9.91. The molecule has 0 aromatic carbocycles. The van der Waals surface area contributed by atoms with Gasteiger partial charge in [-0.1, -0.05) is 24.3 Å². The molecule has 0 saturated carbocycles. The Morgan fingerprint density at radius 1 is 1.25 bits per heavy atom. The smallest absolute Gasteiger partial charge is 0.223 e. The number of carbonyl (C=O) groups excluding carboxylic acids is 1. The third-order valence-electron chi connectivity index (χ3n) is 2.93. The number of hydrogen-bond acceptors (Lipinski definition) is 2. The molecule has 3 nitrogen and oxygen atoms in total. The van der Waals surface area contributed by atoms with E-state index in [1.54, 1.807) is 0 Å². The molecule has 1 heterocycles. The van der Waals surface area contributed by atoms with Gasteiger partial charge in [-0.2, -0.15) is 0 Å². The molecule has 1 amide bonds. The van der Waals surface area contributed by atoms with E-state index in [0.717, 1.165) is 11.1 Å². The van der Waals surface area contributed by atoms with Gasteiger partial charge in [0.15, 0.2) is 0 Å². The van der Waals surface area contributed by atoms with Crippen LogP contribution in [0.2, 0.25) is 0 Å². The maximum atomic E-state index is 12.0. The molecule has 0 aromatic rings. The minimum absolute atomic E-state index is 0.107. The zero-order valence-corrected chi connectivity index (χ0v) is 10.3. The Morgan fingerprint density at radius 2 is 1.75 bits per heavy atom. The second-order valence-corrected chi connectivity index (χ2v) is 4.44. The Labute approximate surface area is 97.8 Å². The first-order chi connectivity index (χ1) is 7.52. The predicted molar refractivity (Wildman–Crippen MR) is 65.1 cm³/mol. The maximum Gasteiger partial charge on any atom is 0.223 e. The quantitative estimate of drug-likeness (QED) is 0.682. The van der Waals surface area contributed by atoms with Crippen LogP contribution >= 0.6 is 0 Å². The Morgan fingerprint density at radius 3 is 2.19 bits per heavy atom. The van der Waals surface area contributed by atoms with Gasteiger partial charge in [-0.15, -0.1) is 0 Å². The van der Waals surface area contributed by atoms with E-state index in [-0.39, 0.29) is 11.8 Å². The van der Waals surface area contributed by atoms with Crippen molar-refractivity contribution >= 4 is 5.91 Å². The van der Waals surface area contributed by atoms with Gasteiger partial charge >= 0.3 is 0 Å². The minimum atomic E-state index is 0.107. The zero-order chi connectivity index (χ0) is 12.1. The van der Waals surface area contributed by atoms with Crippen molar-refractivity contribution in [3.8, 4) is 0 Å². The van der Waals surface area contributed by atoms with Crippen LogP contribution in [0.15, 0.2) is 24.3 Å². The first-order valence-corrected chi connectivity index (χ1v) is 5.68. The fourth-order valence-corrected chi connectivity index (χ4v) is 1.89. The van der Waals surface area contributed by atoms with Gasteiger partial charge in [0.25, 0.3) is 0 Å². The van der Waals surface area contributed by atoms with Crippen LogP contribution in [0, 0.1) is 5.92 Å². The molecule has 0 atom stereocenters. The molecule has 1 aliphatic heterocycles. The van der Waals surface area contributed by atoms with Crippen LogP contribution in [0.25, 0.3) is 0 Å². The number of carbonyl (C=O) groups is 1. The molecular formula is C13H21NO2. The van der Waals surface area contributed by atoms with E-state index in [2.05, 4.69) is 13.2 Å². The van der Waals surface area contributed by atoms with Crippen LogP contribution in [0.3, 0.4) is 0 Å². The maximum absolute atomic E-state index is 12.0. The molecule has 1 aliphatic rings. The number of hydrogen-bond donors (Lipinski definition) is 0. The zero-order valence-electron chi connectivity index (χ0n) is 10.3. The summed E-state index contributed by atoms with van der Waals surface area (Å²) >= 11 is 0. The van der Waals surface area contributed by atoms with Gasteiger partial charge in [0.05, 0.1) is 13.2 Å². The molecule has 1 saturated heterocycles. The second kappa shape index (κ2) is 5.85. The predicted octanol–water partition coefficient (Wildman–Crippen LogP) is 2.00. The summed E-state index contributed by atoms with van der Waals surface area (Å²) in [5.41, 5.74) is 2.02. The average Bonchev–Trinajstić information content (AvgIpc) is 2.25. The Bertz CT molecular complexity index is 276. The van der Waals surface area contributed by atoms with Crippen molar-refractivity contribution in [2.75, 3.05) is 26.3 Å². The minimum Gasteiger partial charge on any atom is -0.378 e. The molecule has 0 radical (unpaired) electrons. The van der Waals surface area contributed by atoms with E-state index in [1.807, 2.05) is 18.7 Å². The molecule has 3 heteroatoms. The lowest BCUT2D eigenvalue weighted by molar-refractivity contribution is -0.135. The number of morpholine rings is 1. The van der Waals surface area contributed by atoms with Gasteiger partial charge in [0.2, 0.25) is 5.91 Å². The first kappa shape index (κ1) is 13.0. The van der Waals surface area contributed by atoms with Gasteiger partial charge in [-0.3, -0.25) is 4.79 Å². The molecule has 0 aliphatic carbocycles. The van der Waals surface area contributed by atoms with E-state index in [9.17, 15) is 4.79 Å². The van der Waals surface area contributed by atoms with Crippen molar-refractivity contribution in [1.29, 1.82) is 0 Å². The Kier molecular flexibility index (Phi) is 4.74. The molecule has 90 valence electrons. The molecule has 0 N–H and O–H groups in total. The summed E-state index contributed by atoms with van der Waals surface area (Å²) in [5.74, 6) is 0.287. The molecular weight excluding hydrogens is 202 g/mol. The second-order valence-electron chi connectivity index (χ2n) is 4.44. The fourth-order valence-electron chi connectivity index (χ4n) is 1.89. The fraction of sp³-hybridized carbons (Fsp3) is 0.615. The van der Waals surface area contributed by atoms with Crippen molar-refractivity contribution in [3.05, 3.63) is 24.3 Å². The average molecular weight is 223 g/mol. The van der Waals surface area contributed by atoms with Crippen LogP contribution in [0.1, 0.15) is 20.3 Å². The van der Waals surface area contributed by atoms with Gasteiger partial charge in [-0.25, -0.2) is 0 Å². The van der Waals surface area contributed by atoms with Gasteiger partial charge < -0.3 is 9.64 Å². The topological polar surface area (TPSA) is 29.5 Å². The summed E-state index contributed by atoms with van der Waals surface area (Å²) in [6, 6.07) is 0. The lowest BCUT2D eigenvalue weighted by Crippen LogP contribution is -2.41. The summed E-state index contributed by atoms with van der Waals surface area (Å²) < 4.78 is 5.22. The molecule has 0 aromatic heterocycles. The third-order valence-corrected chi connectivity index (χ3v) is 2.93. The first-order valence-electron chi connectivity index (χ1n) is 5.68. The highest BCUT2D eigenvalue weighted by molar-refractivity contribution is 5.77. The SMILES string of the molecule is C=C(C)C(CC(=O)N1CCOCC1)C(=C)C. The standard InChI is InChI=1S/C13H21NO2/c1-10(2)12(11(3)4)9-13(15)14-5-7-16-8-6-14/h12H,1,3,5-9H2,2,4H3. The molecule has 1 fully saturated rings. The van der Waals surface area contributed by atoms with Crippen molar-refractivity contribution in [2.24, 2.45) is 5.92 Å². The number of ether oxygens (including phenoxy) is 1. The van der Waals surface area contributed by atoms with Crippen LogP contribution in [0.4, 0.5) is 0 Å². The molecule has 0 unspecified atom stereocenters. The number of nitrogens with zero attached hydrogens (tertiary/aromatic N) is 1. The molecule has 0 bridgehead atoms. The Hall–Kier alpha value is -1.09. The normalized spacial score (nSPS) is 16.3. The summed E-state index contributed by atoms with van der Waals surface area (Å²) in [6.45, 7) is 14.4. The number of allylic oxidation sites excluding steroid dienone is 2. The summed E-state index contributed by atoms with van der Waals surface area (Å²) in [5, 5.41) is 0. The van der Waals surface area contributed by atoms with E-state index in [1.165, 1.54) is 0 Å². The molecule has 16 heavy (non-hydrogen) atoms. The molecule has 0 spiro atoms. The van der Waals surface area contributed by atoms with Crippen LogP contribution in [0.5, 0.6) is 0 Å². The lowest BCUT2D eigenvalue weighted by Gasteiger charge is -2.28. The van der Waals surface area contributed by atoms with Crippen LogP contribution < -0.4 is 0 Å². The highest BCUT2D eigenvalue weighted by atomic mass is 16.5. The van der Waals surface area contributed by atoms with Gasteiger partial charge in [0, 0.05) is 25.4 Å². The highest BCUT2D eigenvalue weighted by Crippen LogP contribution is 2.22. The monoisotopic (exact) mass is 223 g/mol. The van der Waals surface area contributed by atoms with Crippen molar-refractivity contribution < 1.29 is 9.53 Å². The Balaban J connectivity index is 2.53. The van der Waals surface area contributed by atoms with E-state index in [0.29, 0.717) is 32.7 Å². The van der Waals surface area contributed by atoms with Gasteiger partial charge in [-0.05, 0) is 13.8 Å². The van der Waals surface area contributed by atoms with Crippen LogP contribution in [-0.4, -0.2) is 37.1 Å². The van der Waals surface area contributed by atoms with Crippen molar-refractivity contribution in [3.63, 3.8) is 0 Å². The third kappa shape index (κ3) is 3.49. The number of rotatable bonds is 4. The molecule has 1 rings (SSSR count). The summed E-state index contributed by atoms with van der Waals surface area (Å²) in [6.07, 6.45) is 0.491. The van der Waals surface area contributed by atoms with Crippen molar-refractivity contribution in [2.45, 2.75) is 20.3 Å². The van der Waals surface area contributed by atoms with Gasteiger partial charge in [0.1, 0.15) is 0 Å². The van der Waals surface area contributed by atoms with Crippen LogP contribution in [-0.2, 0) is 9.53 Å². The van der Waals surface area contributed by atoms with Crippen molar-refractivity contribution in [1.82, 2.24) is 4.90 Å². The largest absolute Gasteiger partial charge is 0.378 e. The van der Waals surface area contributed by atoms with E-state index >= 15 is 0 Å². The van der Waals surface area contributed by atoms with E-state index in [4.69, 9.17) is 4.74 Å².